The lowest BCUT2D eigenvalue weighted by Crippen LogP contribution is -2.41. The van der Waals surface area contributed by atoms with Crippen LogP contribution in [-0.4, -0.2) is 51.5 Å². The molecule has 0 aromatic carbocycles. The van der Waals surface area contributed by atoms with E-state index in [1.54, 1.807) is 10.7 Å². The zero-order valence-corrected chi connectivity index (χ0v) is 19.3. The van der Waals surface area contributed by atoms with Crippen molar-refractivity contribution in [2.75, 3.05) is 24.6 Å². The zero-order chi connectivity index (χ0) is 22.8. The van der Waals surface area contributed by atoms with Crippen molar-refractivity contribution in [1.82, 2.24) is 19.6 Å². The predicted molar refractivity (Wildman–Crippen MR) is 124 cm³/mol. The molecule has 33 heavy (non-hydrogen) atoms. The summed E-state index contributed by atoms with van der Waals surface area (Å²) in [7, 11) is 0. The van der Waals surface area contributed by atoms with Crippen molar-refractivity contribution in [3.05, 3.63) is 47.8 Å². The van der Waals surface area contributed by atoms with Crippen LogP contribution in [0.1, 0.15) is 49.7 Å². The first-order valence-corrected chi connectivity index (χ1v) is 11.8. The quantitative estimate of drug-likeness (QED) is 0.590. The SMILES string of the molecule is Cc1ccnc(CC2CCC(Oc3cc(N4CCOC(C)C4)cn4ncc(C#N)c34)CC2)n1. The summed E-state index contributed by atoms with van der Waals surface area (Å²) in [5, 5.41) is 14.0. The van der Waals surface area contributed by atoms with Crippen LogP contribution in [0.25, 0.3) is 5.52 Å². The van der Waals surface area contributed by atoms with Gasteiger partial charge in [0.2, 0.25) is 0 Å². The molecule has 1 atom stereocenters. The summed E-state index contributed by atoms with van der Waals surface area (Å²) in [6.45, 7) is 6.45. The van der Waals surface area contributed by atoms with Gasteiger partial charge in [-0.3, -0.25) is 0 Å². The average Bonchev–Trinajstić information content (AvgIpc) is 3.24. The van der Waals surface area contributed by atoms with Gasteiger partial charge in [0.1, 0.15) is 28.7 Å². The maximum absolute atomic E-state index is 9.60. The fourth-order valence-corrected chi connectivity index (χ4v) is 4.96. The van der Waals surface area contributed by atoms with Gasteiger partial charge < -0.3 is 14.4 Å². The molecule has 1 aliphatic heterocycles. The van der Waals surface area contributed by atoms with E-state index in [9.17, 15) is 5.26 Å². The molecule has 0 N–H and O–H groups in total. The second-order valence-electron chi connectivity index (χ2n) is 9.23. The molecule has 5 rings (SSSR count). The molecule has 1 unspecified atom stereocenters. The number of fused-ring (bicyclic) bond motifs is 1. The fourth-order valence-electron chi connectivity index (χ4n) is 4.96. The standard InChI is InChI=1S/C25H30N6O2/c1-17-7-8-27-24(29-17)11-19-3-5-22(6-4-19)33-23-12-21(30-9-10-32-18(2)15-30)16-31-25(23)20(13-26)14-28-31/h7-8,12,14,16,18-19,22H,3-6,9-11,15H2,1-2H3. The second-order valence-corrected chi connectivity index (χ2v) is 9.23. The Hall–Kier alpha value is -3.18. The van der Waals surface area contributed by atoms with Crippen molar-refractivity contribution in [3.63, 3.8) is 0 Å². The van der Waals surface area contributed by atoms with Crippen LogP contribution in [0, 0.1) is 24.2 Å². The van der Waals surface area contributed by atoms with Gasteiger partial charge >= 0.3 is 0 Å². The van der Waals surface area contributed by atoms with Crippen LogP contribution in [0.4, 0.5) is 5.69 Å². The molecule has 8 heteroatoms. The lowest BCUT2D eigenvalue weighted by atomic mass is 9.85. The van der Waals surface area contributed by atoms with Crippen LogP contribution in [0.15, 0.2) is 30.7 Å². The molecule has 1 saturated carbocycles. The van der Waals surface area contributed by atoms with Crippen molar-refractivity contribution in [2.45, 2.75) is 58.2 Å². The number of aromatic nitrogens is 4. The fraction of sp³-hybridized carbons (Fsp3) is 0.520. The molecule has 3 aromatic heterocycles. The highest BCUT2D eigenvalue weighted by atomic mass is 16.5. The van der Waals surface area contributed by atoms with E-state index in [1.807, 2.05) is 25.4 Å². The third-order valence-electron chi connectivity index (χ3n) is 6.69. The Balaban J connectivity index is 1.32. The summed E-state index contributed by atoms with van der Waals surface area (Å²) in [5.74, 6) is 2.26. The Morgan fingerprint density at radius 3 is 2.88 bits per heavy atom. The molecule has 172 valence electrons. The van der Waals surface area contributed by atoms with Crippen molar-refractivity contribution in [1.29, 1.82) is 5.26 Å². The summed E-state index contributed by atoms with van der Waals surface area (Å²) in [6, 6.07) is 6.27. The van der Waals surface area contributed by atoms with Crippen LogP contribution in [0.2, 0.25) is 0 Å². The number of ether oxygens (including phenoxy) is 2. The first-order chi connectivity index (χ1) is 16.1. The van der Waals surface area contributed by atoms with Gasteiger partial charge in [-0.2, -0.15) is 10.4 Å². The summed E-state index contributed by atoms with van der Waals surface area (Å²) < 4.78 is 14.0. The minimum Gasteiger partial charge on any atom is -0.488 e. The van der Waals surface area contributed by atoms with Crippen molar-refractivity contribution < 1.29 is 9.47 Å². The number of rotatable bonds is 5. The van der Waals surface area contributed by atoms with Crippen molar-refractivity contribution in [2.24, 2.45) is 5.92 Å². The minimum atomic E-state index is 0.129. The number of nitriles is 1. The van der Waals surface area contributed by atoms with E-state index in [2.05, 4.69) is 39.0 Å². The molecule has 2 aliphatic rings. The Kier molecular flexibility index (Phi) is 6.14. The van der Waals surface area contributed by atoms with Gasteiger partial charge in [0, 0.05) is 37.5 Å². The number of morpholine rings is 1. The van der Waals surface area contributed by atoms with E-state index in [0.29, 0.717) is 18.1 Å². The van der Waals surface area contributed by atoms with Crippen LogP contribution in [-0.2, 0) is 11.2 Å². The third kappa shape index (κ3) is 4.79. The first kappa shape index (κ1) is 21.7. The van der Waals surface area contributed by atoms with Crippen molar-refractivity contribution in [3.8, 4) is 11.8 Å². The number of hydrogen-bond donors (Lipinski definition) is 0. The molecular formula is C25H30N6O2. The maximum Gasteiger partial charge on any atom is 0.148 e. The number of aryl methyl sites for hydroxylation is 1. The highest BCUT2D eigenvalue weighted by Crippen LogP contribution is 2.34. The number of anilines is 1. The van der Waals surface area contributed by atoms with E-state index >= 15 is 0 Å². The lowest BCUT2D eigenvalue weighted by molar-refractivity contribution is 0.0531. The average molecular weight is 447 g/mol. The van der Waals surface area contributed by atoms with Gasteiger partial charge in [0.05, 0.1) is 36.9 Å². The highest BCUT2D eigenvalue weighted by Gasteiger charge is 2.26. The summed E-state index contributed by atoms with van der Waals surface area (Å²) in [6.07, 6.45) is 10.8. The van der Waals surface area contributed by atoms with Gasteiger partial charge in [0.15, 0.2) is 0 Å². The molecule has 1 saturated heterocycles. The minimum absolute atomic E-state index is 0.129. The Labute approximate surface area is 194 Å². The zero-order valence-electron chi connectivity index (χ0n) is 19.3. The van der Waals surface area contributed by atoms with Crippen LogP contribution in [0.3, 0.4) is 0 Å². The van der Waals surface area contributed by atoms with Gasteiger partial charge in [-0.05, 0) is 51.5 Å². The molecular weight excluding hydrogens is 416 g/mol. The highest BCUT2D eigenvalue weighted by molar-refractivity contribution is 5.72. The maximum atomic E-state index is 9.60. The molecule has 0 amide bonds. The number of nitrogens with zero attached hydrogens (tertiary/aromatic N) is 6. The molecule has 4 heterocycles. The molecule has 2 fully saturated rings. The molecule has 0 radical (unpaired) electrons. The van der Waals surface area contributed by atoms with E-state index in [1.165, 1.54) is 0 Å². The number of hydrogen-bond acceptors (Lipinski definition) is 7. The molecule has 8 nitrogen and oxygen atoms in total. The van der Waals surface area contributed by atoms with Gasteiger partial charge in [-0.25, -0.2) is 14.5 Å². The molecule has 0 bridgehead atoms. The molecule has 0 spiro atoms. The van der Waals surface area contributed by atoms with Gasteiger partial charge in [-0.1, -0.05) is 0 Å². The largest absolute Gasteiger partial charge is 0.488 e. The van der Waals surface area contributed by atoms with Crippen LogP contribution < -0.4 is 9.64 Å². The van der Waals surface area contributed by atoms with E-state index < -0.39 is 0 Å². The summed E-state index contributed by atoms with van der Waals surface area (Å²) in [4.78, 5) is 11.3. The third-order valence-corrected chi connectivity index (χ3v) is 6.69. The lowest BCUT2D eigenvalue weighted by Gasteiger charge is -2.33. The van der Waals surface area contributed by atoms with E-state index in [0.717, 1.165) is 73.7 Å². The Bertz CT molecular complexity index is 1160. The normalized spacial score (nSPS) is 23.4. The first-order valence-electron chi connectivity index (χ1n) is 11.8. The summed E-state index contributed by atoms with van der Waals surface area (Å²) >= 11 is 0. The van der Waals surface area contributed by atoms with Crippen LogP contribution >= 0.6 is 0 Å². The van der Waals surface area contributed by atoms with Crippen LogP contribution in [0.5, 0.6) is 5.75 Å². The van der Waals surface area contributed by atoms with Gasteiger partial charge in [-0.15, -0.1) is 0 Å². The Morgan fingerprint density at radius 1 is 1.27 bits per heavy atom. The topological polar surface area (TPSA) is 88.6 Å². The molecule has 1 aliphatic carbocycles. The smallest absolute Gasteiger partial charge is 0.148 e. The molecule has 3 aromatic rings. The predicted octanol–water partition coefficient (Wildman–Crippen LogP) is 3.71. The Morgan fingerprint density at radius 2 is 2.12 bits per heavy atom. The van der Waals surface area contributed by atoms with Gasteiger partial charge in [0.25, 0.3) is 0 Å². The van der Waals surface area contributed by atoms with Crippen molar-refractivity contribution >= 4 is 11.2 Å². The second kappa shape index (κ2) is 9.36. The summed E-state index contributed by atoms with van der Waals surface area (Å²) in [5.41, 5.74) is 3.35. The van der Waals surface area contributed by atoms with E-state index in [-0.39, 0.29) is 12.2 Å². The van der Waals surface area contributed by atoms with E-state index in [4.69, 9.17) is 9.47 Å². The monoisotopic (exact) mass is 446 g/mol. The number of pyridine rings is 1.